The van der Waals surface area contributed by atoms with Gasteiger partial charge < -0.3 is 5.32 Å². The van der Waals surface area contributed by atoms with Gasteiger partial charge >= 0.3 is 0 Å². The molecule has 1 heterocycles. The fraction of sp³-hybridized carbons (Fsp3) is 0.389. The number of amides is 1. The number of rotatable bonds is 6. The van der Waals surface area contributed by atoms with E-state index in [2.05, 4.69) is 39.6 Å². The van der Waals surface area contributed by atoms with E-state index in [0.29, 0.717) is 22.8 Å². The Kier molecular flexibility index (Phi) is 5.69. The highest BCUT2D eigenvalue weighted by molar-refractivity contribution is 7.99. The highest BCUT2D eigenvalue weighted by Gasteiger charge is 2.17. The Morgan fingerprint density at radius 1 is 1.33 bits per heavy atom. The van der Waals surface area contributed by atoms with E-state index in [4.69, 9.17) is 0 Å². The lowest BCUT2D eigenvalue weighted by molar-refractivity contribution is -0.119. The van der Waals surface area contributed by atoms with Gasteiger partial charge in [-0.05, 0) is 37.0 Å². The number of H-pyrrole nitrogens is 1. The Morgan fingerprint density at radius 3 is 2.92 bits per heavy atom. The van der Waals surface area contributed by atoms with Crippen LogP contribution < -0.4 is 5.32 Å². The molecule has 126 valence electrons. The van der Waals surface area contributed by atoms with Crippen molar-refractivity contribution in [2.75, 3.05) is 5.75 Å². The monoisotopic (exact) mass is 342 g/mol. The van der Waals surface area contributed by atoms with Crippen LogP contribution in [0.2, 0.25) is 0 Å². The molecule has 0 saturated heterocycles. The van der Waals surface area contributed by atoms with Gasteiger partial charge in [-0.2, -0.15) is 0 Å². The van der Waals surface area contributed by atoms with Crippen molar-refractivity contribution in [3.8, 4) is 0 Å². The summed E-state index contributed by atoms with van der Waals surface area (Å²) in [5, 5.41) is 10.7. The van der Waals surface area contributed by atoms with Gasteiger partial charge in [0, 0.05) is 6.04 Å². The van der Waals surface area contributed by atoms with Crippen LogP contribution in [0.3, 0.4) is 0 Å². The van der Waals surface area contributed by atoms with Crippen LogP contribution in [0, 0.1) is 6.92 Å². The van der Waals surface area contributed by atoms with Gasteiger partial charge in [0.05, 0.1) is 5.75 Å². The van der Waals surface area contributed by atoms with Crippen molar-refractivity contribution in [3.05, 3.63) is 41.2 Å². The maximum atomic E-state index is 11.9. The molecule has 1 fully saturated rings. The SMILES string of the molecule is Cc1ccccc1/C=C/c1nc(SCC(=O)NC2CCCC2)n[nH]1. The molecule has 3 rings (SSSR count). The third kappa shape index (κ3) is 4.71. The molecular formula is C18H22N4OS. The number of hydrogen-bond donors (Lipinski definition) is 2. The average Bonchev–Trinajstić information content (AvgIpc) is 3.24. The Bertz CT molecular complexity index is 719. The van der Waals surface area contributed by atoms with E-state index < -0.39 is 0 Å². The number of aryl methyl sites for hydroxylation is 1. The van der Waals surface area contributed by atoms with Gasteiger partial charge in [0.1, 0.15) is 5.82 Å². The summed E-state index contributed by atoms with van der Waals surface area (Å²) in [5.74, 6) is 1.11. The Labute approximate surface area is 146 Å². The maximum Gasteiger partial charge on any atom is 0.230 e. The zero-order valence-corrected chi connectivity index (χ0v) is 14.6. The van der Waals surface area contributed by atoms with Crippen molar-refractivity contribution in [2.45, 2.75) is 43.8 Å². The van der Waals surface area contributed by atoms with E-state index in [0.717, 1.165) is 18.4 Å². The first-order valence-electron chi connectivity index (χ1n) is 8.29. The molecule has 0 spiro atoms. The van der Waals surface area contributed by atoms with E-state index in [9.17, 15) is 4.79 Å². The highest BCUT2D eigenvalue weighted by atomic mass is 32.2. The Morgan fingerprint density at radius 2 is 2.12 bits per heavy atom. The quantitative estimate of drug-likeness (QED) is 0.789. The largest absolute Gasteiger partial charge is 0.353 e. The minimum Gasteiger partial charge on any atom is -0.353 e. The van der Waals surface area contributed by atoms with Crippen molar-refractivity contribution in [1.82, 2.24) is 20.5 Å². The fourth-order valence-corrected chi connectivity index (χ4v) is 3.43. The maximum absolute atomic E-state index is 11.9. The van der Waals surface area contributed by atoms with Gasteiger partial charge in [-0.25, -0.2) is 4.98 Å². The first-order chi connectivity index (χ1) is 11.7. The van der Waals surface area contributed by atoms with Crippen LogP contribution >= 0.6 is 11.8 Å². The molecule has 1 aliphatic rings. The van der Waals surface area contributed by atoms with E-state index in [1.54, 1.807) is 0 Å². The van der Waals surface area contributed by atoms with Crippen molar-refractivity contribution >= 4 is 29.8 Å². The van der Waals surface area contributed by atoms with Crippen molar-refractivity contribution < 1.29 is 4.79 Å². The molecule has 2 aromatic rings. The number of nitrogens with zero attached hydrogens (tertiary/aromatic N) is 2. The van der Waals surface area contributed by atoms with Gasteiger partial charge in [-0.1, -0.05) is 54.9 Å². The molecule has 0 radical (unpaired) electrons. The smallest absolute Gasteiger partial charge is 0.230 e. The van der Waals surface area contributed by atoms with Crippen LogP contribution in [0.15, 0.2) is 29.4 Å². The first-order valence-corrected chi connectivity index (χ1v) is 9.27. The zero-order valence-electron chi connectivity index (χ0n) is 13.8. The summed E-state index contributed by atoms with van der Waals surface area (Å²) in [6, 6.07) is 8.53. The number of aromatic nitrogens is 3. The Balaban J connectivity index is 1.50. The first kappa shape index (κ1) is 16.8. The molecule has 0 bridgehead atoms. The van der Waals surface area contributed by atoms with Crippen LogP contribution in [0.1, 0.15) is 42.6 Å². The lowest BCUT2D eigenvalue weighted by Gasteiger charge is -2.10. The molecule has 1 aliphatic carbocycles. The molecule has 6 heteroatoms. The second-order valence-electron chi connectivity index (χ2n) is 6.03. The summed E-state index contributed by atoms with van der Waals surface area (Å²) in [7, 11) is 0. The predicted molar refractivity (Wildman–Crippen MR) is 97.6 cm³/mol. The predicted octanol–water partition coefficient (Wildman–Crippen LogP) is 3.43. The molecule has 0 unspecified atom stereocenters. The topological polar surface area (TPSA) is 70.7 Å². The molecule has 5 nitrogen and oxygen atoms in total. The summed E-state index contributed by atoms with van der Waals surface area (Å²) < 4.78 is 0. The molecule has 2 N–H and O–H groups in total. The summed E-state index contributed by atoms with van der Waals surface area (Å²) in [6.07, 6.45) is 8.55. The third-order valence-electron chi connectivity index (χ3n) is 4.14. The van der Waals surface area contributed by atoms with Crippen LogP contribution in [0.5, 0.6) is 0 Å². The lowest BCUT2D eigenvalue weighted by atomic mass is 10.1. The average molecular weight is 342 g/mol. The number of carbonyl (C=O) groups excluding carboxylic acids is 1. The molecule has 1 amide bonds. The number of aromatic amines is 1. The molecule has 1 aromatic heterocycles. The second kappa shape index (κ2) is 8.15. The van der Waals surface area contributed by atoms with Gasteiger partial charge in [-0.3, -0.25) is 9.89 Å². The highest BCUT2D eigenvalue weighted by Crippen LogP contribution is 2.18. The fourth-order valence-electron chi connectivity index (χ4n) is 2.81. The lowest BCUT2D eigenvalue weighted by Crippen LogP contribution is -2.33. The normalized spacial score (nSPS) is 15.2. The molecule has 1 aromatic carbocycles. The number of thioether (sulfide) groups is 1. The molecule has 0 aliphatic heterocycles. The standard InChI is InChI=1S/C18H22N4OS/c1-13-6-2-3-7-14(13)10-11-16-20-18(22-21-16)24-12-17(23)19-15-8-4-5-9-15/h2-3,6-7,10-11,15H,4-5,8-9,12H2,1H3,(H,19,23)(H,20,21,22)/b11-10+. The second-order valence-corrected chi connectivity index (χ2v) is 6.97. The van der Waals surface area contributed by atoms with Crippen LogP contribution in [-0.2, 0) is 4.79 Å². The van der Waals surface area contributed by atoms with Crippen molar-refractivity contribution in [1.29, 1.82) is 0 Å². The van der Waals surface area contributed by atoms with E-state index in [1.807, 2.05) is 24.3 Å². The minimum atomic E-state index is 0.0636. The number of hydrogen-bond acceptors (Lipinski definition) is 4. The third-order valence-corrected chi connectivity index (χ3v) is 4.99. The number of benzene rings is 1. The van der Waals surface area contributed by atoms with E-state index in [1.165, 1.54) is 30.2 Å². The zero-order chi connectivity index (χ0) is 16.8. The summed E-state index contributed by atoms with van der Waals surface area (Å²) in [4.78, 5) is 16.3. The van der Waals surface area contributed by atoms with Crippen LogP contribution in [-0.4, -0.2) is 32.9 Å². The summed E-state index contributed by atoms with van der Waals surface area (Å²) in [5.41, 5.74) is 2.37. The van der Waals surface area contributed by atoms with Crippen molar-refractivity contribution in [2.24, 2.45) is 0 Å². The van der Waals surface area contributed by atoms with Crippen LogP contribution in [0.25, 0.3) is 12.2 Å². The summed E-state index contributed by atoms with van der Waals surface area (Å²) in [6.45, 7) is 2.07. The Hall–Kier alpha value is -2.08. The molecular weight excluding hydrogens is 320 g/mol. The van der Waals surface area contributed by atoms with Crippen LogP contribution in [0.4, 0.5) is 0 Å². The van der Waals surface area contributed by atoms with Gasteiger partial charge in [-0.15, -0.1) is 5.10 Å². The molecule has 1 saturated carbocycles. The number of carbonyl (C=O) groups is 1. The molecule has 0 atom stereocenters. The van der Waals surface area contributed by atoms with Gasteiger partial charge in [0.25, 0.3) is 0 Å². The van der Waals surface area contributed by atoms with Gasteiger partial charge in [0.2, 0.25) is 11.1 Å². The van der Waals surface area contributed by atoms with E-state index >= 15 is 0 Å². The number of nitrogens with one attached hydrogen (secondary N) is 2. The molecule has 24 heavy (non-hydrogen) atoms. The minimum absolute atomic E-state index is 0.0636. The van der Waals surface area contributed by atoms with Crippen molar-refractivity contribution in [3.63, 3.8) is 0 Å². The van der Waals surface area contributed by atoms with E-state index in [-0.39, 0.29) is 5.91 Å². The summed E-state index contributed by atoms with van der Waals surface area (Å²) >= 11 is 1.36. The van der Waals surface area contributed by atoms with Gasteiger partial charge in [0.15, 0.2) is 0 Å².